The fourth-order valence-corrected chi connectivity index (χ4v) is 2.82. The van der Waals surface area contributed by atoms with Gasteiger partial charge >= 0.3 is 0 Å². The zero-order valence-corrected chi connectivity index (χ0v) is 13.6. The van der Waals surface area contributed by atoms with Gasteiger partial charge in [0.15, 0.2) is 0 Å². The molecule has 2 N–H and O–H groups in total. The fraction of sp³-hybridized carbons (Fsp3) is 0.211. The normalized spacial score (nSPS) is 17.2. The van der Waals surface area contributed by atoms with E-state index in [2.05, 4.69) is 10.5 Å². The number of aromatic hydroxyl groups is 1. The number of amides is 2. The lowest BCUT2D eigenvalue weighted by atomic mass is 9.99. The van der Waals surface area contributed by atoms with Gasteiger partial charge in [-0.15, -0.1) is 0 Å². The number of carbonyl (C=O) groups is 2. The molecule has 1 aliphatic heterocycles. The van der Waals surface area contributed by atoms with Crippen LogP contribution < -0.4 is 5.43 Å². The van der Waals surface area contributed by atoms with Gasteiger partial charge in [0.25, 0.3) is 5.91 Å². The Kier molecular flexibility index (Phi) is 5.09. The minimum Gasteiger partial charge on any atom is -0.508 e. The maximum Gasteiger partial charge on any atom is 0.259 e. The first-order chi connectivity index (χ1) is 12.1. The molecule has 0 radical (unpaired) electrons. The number of hydrazone groups is 1. The summed E-state index contributed by atoms with van der Waals surface area (Å²) in [6.45, 7) is 0.535. The predicted octanol–water partition coefficient (Wildman–Crippen LogP) is 1.86. The van der Waals surface area contributed by atoms with E-state index in [4.69, 9.17) is 0 Å². The van der Waals surface area contributed by atoms with Gasteiger partial charge in [-0.1, -0.05) is 30.3 Å². The fourth-order valence-electron chi connectivity index (χ4n) is 2.82. The van der Waals surface area contributed by atoms with Crippen molar-refractivity contribution in [2.75, 3.05) is 13.1 Å². The van der Waals surface area contributed by atoms with E-state index in [0.717, 1.165) is 11.1 Å². The van der Waals surface area contributed by atoms with Crippen LogP contribution >= 0.6 is 0 Å². The Morgan fingerprint density at radius 1 is 1.20 bits per heavy atom. The number of nitrogens with one attached hydrogen (secondary N) is 1. The van der Waals surface area contributed by atoms with Gasteiger partial charge in [-0.05, 0) is 35.4 Å². The Hall–Kier alpha value is -3.15. The van der Waals surface area contributed by atoms with Crippen molar-refractivity contribution in [1.82, 2.24) is 10.3 Å². The topological polar surface area (TPSA) is 82.0 Å². The first-order valence-corrected chi connectivity index (χ1v) is 8.05. The Morgan fingerprint density at radius 2 is 1.92 bits per heavy atom. The third kappa shape index (κ3) is 4.44. The number of hydrogen-bond acceptors (Lipinski definition) is 4. The molecule has 0 bridgehead atoms. The van der Waals surface area contributed by atoms with E-state index in [1.807, 2.05) is 30.3 Å². The molecule has 6 heteroatoms. The lowest BCUT2D eigenvalue weighted by Crippen LogP contribution is -2.36. The Bertz CT molecular complexity index is 772. The van der Waals surface area contributed by atoms with Gasteiger partial charge in [0, 0.05) is 18.9 Å². The second kappa shape index (κ2) is 7.61. The number of phenolic OH excluding ortho intramolecular Hbond substituents is 1. The van der Waals surface area contributed by atoms with E-state index in [1.54, 1.807) is 17.0 Å². The second-order valence-electron chi connectivity index (χ2n) is 5.97. The molecule has 2 amide bonds. The summed E-state index contributed by atoms with van der Waals surface area (Å²) in [4.78, 5) is 25.6. The van der Waals surface area contributed by atoms with Crippen LogP contribution in [0.5, 0.6) is 5.75 Å². The third-order valence-corrected chi connectivity index (χ3v) is 4.12. The smallest absolute Gasteiger partial charge is 0.259 e. The highest BCUT2D eigenvalue weighted by Crippen LogP contribution is 2.27. The summed E-state index contributed by atoms with van der Waals surface area (Å²) in [6.07, 6.45) is 1.91. The Balaban J connectivity index is 1.51. The van der Waals surface area contributed by atoms with E-state index in [1.165, 1.54) is 18.3 Å². The van der Waals surface area contributed by atoms with E-state index in [0.29, 0.717) is 13.0 Å². The maximum absolute atomic E-state index is 12.1. The summed E-state index contributed by atoms with van der Waals surface area (Å²) in [5.74, 6) is -0.0627. The van der Waals surface area contributed by atoms with Crippen molar-refractivity contribution in [3.8, 4) is 5.75 Å². The summed E-state index contributed by atoms with van der Waals surface area (Å²) >= 11 is 0. The second-order valence-corrected chi connectivity index (χ2v) is 5.97. The minimum absolute atomic E-state index is 0.00488. The van der Waals surface area contributed by atoms with Gasteiger partial charge in [-0.3, -0.25) is 9.59 Å². The highest BCUT2D eigenvalue weighted by atomic mass is 16.3. The number of likely N-dealkylation sites (tertiary alicyclic amines) is 1. The largest absolute Gasteiger partial charge is 0.508 e. The molecule has 2 aromatic rings. The number of benzene rings is 2. The minimum atomic E-state index is -0.336. The third-order valence-electron chi connectivity index (χ3n) is 4.12. The van der Waals surface area contributed by atoms with E-state index < -0.39 is 0 Å². The molecule has 1 unspecified atom stereocenters. The summed E-state index contributed by atoms with van der Waals surface area (Å²) in [6, 6.07) is 16.3. The zero-order chi connectivity index (χ0) is 17.6. The van der Waals surface area contributed by atoms with Gasteiger partial charge in [0.2, 0.25) is 5.91 Å². The monoisotopic (exact) mass is 337 g/mol. The number of nitrogens with zero attached hydrogens (tertiary/aromatic N) is 2. The van der Waals surface area contributed by atoms with Gasteiger partial charge < -0.3 is 10.0 Å². The van der Waals surface area contributed by atoms with Crippen molar-refractivity contribution < 1.29 is 14.7 Å². The van der Waals surface area contributed by atoms with Gasteiger partial charge in [0.05, 0.1) is 6.21 Å². The van der Waals surface area contributed by atoms with Crippen molar-refractivity contribution >= 4 is 18.0 Å². The van der Waals surface area contributed by atoms with Crippen LogP contribution in [0.4, 0.5) is 0 Å². The summed E-state index contributed by atoms with van der Waals surface area (Å²) < 4.78 is 0. The lowest BCUT2D eigenvalue weighted by Gasteiger charge is -2.15. The predicted molar refractivity (Wildman–Crippen MR) is 94.2 cm³/mol. The Labute approximate surface area is 145 Å². The van der Waals surface area contributed by atoms with Crippen molar-refractivity contribution in [3.63, 3.8) is 0 Å². The SMILES string of the molecule is O=C(CN1CC(c2ccccc2)CC1=O)NN=Cc1ccc(O)cc1. The highest BCUT2D eigenvalue weighted by molar-refractivity contribution is 5.87. The molecule has 128 valence electrons. The van der Waals surface area contributed by atoms with Crippen LogP contribution in [0.3, 0.4) is 0 Å². The van der Waals surface area contributed by atoms with E-state index in [-0.39, 0.29) is 30.0 Å². The summed E-state index contributed by atoms with van der Waals surface area (Å²) in [7, 11) is 0. The molecule has 1 saturated heterocycles. The van der Waals surface area contributed by atoms with Crippen molar-refractivity contribution in [2.45, 2.75) is 12.3 Å². The van der Waals surface area contributed by atoms with Crippen LogP contribution in [0.2, 0.25) is 0 Å². The lowest BCUT2D eigenvalue weighted by molar-refractivity contribution is -0.133. The molecular weight excluding hydrogens is 318 g/mol. The standard InChI is InChI=1S/C19H19N3O3/c23-17-8-6-14(7-9-17)11-20-21-18(24)13-22-12-16(10-19(22)25)15-4-2-1-3-5-15/h1-9,11,16,23H,10,12-13H2,(H,21,24). The molecule has 1 heterocycles. The van der Waals surface area contributed by atoms with Crippen LogP contribution in [0.1, 0.15) is 23.5 Å². The Morgan fingerprint density at radius 3 is 2.64 bits per heavy atom. The molecular formula is C19H19N3O3. The molecule has 6 nitrogen and oxygen atoms in total. The molecule has 0 aromatic heterocycles. The zero-order valence-electron chi connectivity index (χ0n) is 13.6. The molecule has 25 heavy (non-hydrogen) atoms. The average Bonchev–Trinajstić information content (AvgIpc) is 2.98. The summed E-state index contributed by atoms with van der Waals surface area (Å²) in [5, 5.41) is 13.1. The van der Waals surface area contributed by atoms with E-state index >= 15 is 0 Å². The number of hydrogen-bond donors (Lipinski definition) is 2. The molecule has 1 aliphatic rings. The van der Waals surface area contributed by atoms with Crippen LogP contribution in [-0.2, 0) is 9.59 Å². The average molecular weight is 337 g/mol. The quantitative estimate of drug-likeness (QED) is 0.645. The number of carbonyl (C=O) groups excluding carboxylic acids is 2. The molecule has 3 rings (SSSR count). The van der Waals surface area contributed by atoms with Crippen molar-refractivity contribution in [3.05, 3.63) is 65.7 Å². The van der Waals surface area contributed by atoms with Crippen LogP contribution in [-0.4, -0.2) is 41.1 Å². The molecule has 1 atom stereocenters. The molecule has 2 aromatic carbocycles. The summed E-state index contributed by atoms with van der Waals surface area (Å²) in [5.41, 5.74) is 4.29. The maximum atomic E-state index is 12.1. The van der Waals surface area contributed by atoms with Gasteiger partial charge in [0.1, 0.15) is 12.3 Å². The first-order valence-electron chi connectivity index (χ1n) is 8.05. The van der Waals surface area contributed by atoms with Gasteiger partial charge in [-0.2, -0.15) is 5.10 Å². The van der Waals surface area contributed by atoms with Crippen molar-refractivity contribution in [2.24, 2.45) is 5.10 Å². The number of phenols is 1. The number of rotatable bonds is 5. The first kappa shape index (κ1) is 16.7. The van der Waals surface area contributed by atoms with Crippen molar-refractivity contribution in [1.29, 1.82) is 0 Å². The molecule has 0 saturated carbocycles. The van der Waals surface area contributed by atoms with Crippen LogP contribution in [0.15, 0.2) is 59.7 Å². The van der Waals surface area contributed by atoms with Crippen LogP contribution in [0, 0.1) is 0 Å². The molecule has 0 spiro atoms. The molecule has 1 fully saturated rings. The van der Waals surface area contributed by atoms with Crippen LogP contribution in [0.25, 0.3) is 0 Å². The van der Waals surface area contributed by atoms with Gasteiger partial charge in [-0.25, -0.2) is 5.43 Å². The highest BCUT2D eigenvalue weighted by Gasteiger charge is 2.31. The molecule has 0 aliphatic carbocycles. The van der Waals surface area contributed by atoms with E-state index in [9.17, 15) is 14.7 Å².